The van der Waals surface area contributed by atoms with Crippen LogP contribution in [-0.4, -0.2) is 13.1 Å². The first-order valence-electron chi connectivity index (χ1n) is 6.94. The molecule has 2 amide bonds. The molecule has 0 fully saturated rings. The van der Waals surface area contributed by atoms with Crippen molar-refractivity contribution in [3.05, 3.63) is 53.6 Å². The van der Waals surface area contributed by atoms with Crippen molar-refractivity contribution in [2.24, 2.45) is 0 Å². The molecule has 2 rings (SSSR count). The topological polar surface area (TPSA) is 50.4 Å². The van der Waals surface area contributed by atoms with Gasteiger partial charge >= 0.3 is 6.03 Å². The number of rotatable bonds is 4. The SMILES string of the molecule is CCc1ccc(NC(=O)Nc2ccccc2C)c(OC)c1. The summed E-state index contributed by atoms with van der Waals surface area (Å²) in [6, 6.07) is 13.1. The van der Waals surface area contributed by atoms with Crippen molar-refractivity contribution in [2.75, 3.05) is 17.7 Å². The summed E-state index contributed by atoms with van der Waals surface area (Å²) in [6.07, 6.45) is 0.923. The van der Waals surface area contributed by atoms with Crippen LogP contribution in [0.15, 0.2) is 42.5 Å². The van der Waals surface area contributed by atoms with Crippen molar-refractivity contribution in [3.8, 4) is 5.75 Å². The number of ether oxygens (including phenoxy) is 1. The number of para-hydroxylation sites is 1. The molecule has 0 aliphatic rings. The third-order valence-electron chi connectivity index (χ3n) is 3.32. The maximum Gasteiger partial charge on any atom is 0.323 e. The second kappa shape index (κ2) is 6.79. The summed E-state index contributed by atoms with van der Waals surface area (Å²) >= 11 is 0. The van der Waals surface area contributed by atoms with Crippen molar-refractivity contribution in [3.63, 3.8) is 0 Å². The number of hydrogen-bond donors (Lipinski definition) is 2. The van der Waals surface area contributed by atoms with Crippen LogP contribution in [0, 0.1) is 6.92 Å². The molecule has 2 aromatic carbocycles. The average Bonchev–Trinajstić information content (AvgIpc) is 2.50. The van der Waals surface area contributed by atoms with E-state index in [0.717, 1.165) is 23.2 Å². The minimum Gasteiger partial charge on any atom is -0.495 e. The number of carbonyl (C=O) groups excluding carboxylic acids is 1. The molecule has 0 heterocycles. The Hall–Kier alpha value is -2.49. The monoisotopic (exact) mass is 284 g/mol. The van der Waals surface area contributed by atoms with Crippen LogP contribution in [0.3, 0.4) is 0 Å². The smallest absolute Gasteiger partial charge is 0.323 e. The maximum atomic E-state index is 12.1. The van der Waals surface area contributed by atoms with Gasteiger partial charge in [0.2, 0.25) is 0 Å². The van der Waals surface area contributed by atoms with E-state index in [1.54, 1.807) is 7.11 Å². The van der Waals surface area contributed by atoms with Crippen LogP contribution in [0.25, 0.3) is 0 Å². The van der Waals surface area contributed by atoms with Crippen molar-refractivity contribution in [2.45, 2.75) is 20.3 Å². The molecular formula is C17H20N2O2. The molecule has 0 bridgehead atoms. The van der Waals surface area contributed by atoms with Gasteiger partial charge in [-0.05, 0) is 42.7 Å². The molecule has 4 nitrogen and oxygen atoms in total. The van der Waals surface area contributed by atoms with Crippen LogP contribution in [0.2, 0.25) is 0 Å². The summed E-state index contributed by atoms with van der Waals surface area (Å²) in [5.41, 5.74) is 3.62. The Balaban J connectivity index is 2.11. The van der Waals surface area contributed by atoms with Crippen LogP contribution in [0.4, 0.5) is 16.2 Å². The first-order chi connectivity index (χ1) is 10.1. The molecule has 0 unspecified atom stereocenters. The first kappa shape index (κ1) is 14.9. The number of urea groups is 1. The van der Waals surface area contributed by atoms with Crippen LogP contribution in [0.5, 0.6) is 5.75 Å². The molecule has 0 spiro atoms. The van der Waals surface area contributed by atoms with Gasteiger partial charge in [-0.15, -0.1) is 0 Å². The Kier molecular flexibility index (Phi) is 4.82. The van der Waals surface area contributed by atoms with Gasteiger partial charge in [0.1, 0.15) is 5.75 Å². The molecule has 0 radical (unpaired) electrons. The number of benzene rings is 2. The van der Waals surface area contributed by atoms with E-state index < -0.39 is 0 Å². The Morgan fingerprint density at radius 2 is 1.81 bits per heavy atom. The Morgan fingerprint density at radius 3 is 2.48 bits per heavy atom. The predicted octanol–water partition coefficient (Wildman–Crippen LogP) is 4.21. The van der Waals surface area contributed by atoms with Gasteiger partial charge in [0.05, 0.1) is 12.8 Å². The number of carbonyl (C=O) groups is 1. The standard InChI is InChI=1S/C17H20N2O2/c1-4-13-9-10-15(16(11-13)21-3)19-17(20)18-14-8-6-5-7-12(14)2/h5-11H,4H2,1-3H3,(H2,18,19,20). The van der Waals surface area contributed by atoms with Crippen LogP contribution >= 0.6 is 0 Å². The predicted molar refractivity (Wildman–Crippen MR) is 86.2 cm³/mol. The van der Waals surface area contributed by atoms with E-state index in [1.165, 1.54) is 0 Å². The minimum atomic E-state index is -0.285. The number of nitrogens with one attached hydrogen (secondary N) is 2. The number of hydrogen-bond acceptors (Lipinski definition) is 2. The summed E-state index contributed by atoms with van der Waals surface area (Å²) in [5.74, 6) is 0.661. The molecule has 0 atom stereocenters. The van der Waals surface area contributed by atoms with Crippen molar-refractivity contribution in [1.82, 2.24) is 0 Å². The quantitative estimate of drug-likeness (QED) is 0.883. The highest BCUT2D eigenvalue weighted by molar-refractivity contribution is 6.01. The highest BCUT2D eigenvalue weighted by Gasteiger charge is 2.09. The number of methoxy groups -OCH3 is 1. The van der Waals surface area contributed by atoms with Gasteiger partial charge in [0.15, 0.2) is 0 Å². The lowest BCUT2D eigenvalue weighted by molar-refractivity contribution is 0.262. The van der Waals surface area contributed by atoms with E-state index in [1.807, 2.05) is 49.4 Å². The van der Waals surface area contributed by atoms with Crippen LogP contribution in [0.1, 0.15) is 18.1 Å². The zero-order valence-electron chi connectivity index (χ0n) is 12.6. The van der Waals surface area contributed by atoms with E-state index in [0.29, 0.717) is 11.4 Å². The molecule has 0 saturated carbocycles. The highest BCUT2D eigenvalue weighted by atomic mass is 16.5. The summed E-state index contributed by atoms with van der Waals surface area (Å²) < 4.78 is 5.32. The average molecular weight is 284 g/mol. The largest absolute Gasteiger partial charge is 0.495 e. The molecule has 2 aromatic rings. The molecule has 0 aromatic heterocycles. The van der Waals surface area contributed by atoms with Gasteiger partial charge in [-0.2, -0.15) is 0 Å². The van der Waals surface area contributed by atoms with E-state index in [9.17, 15) is 4.79 Å². The van der Waals surface area contributed by atoms with Gasteiger partial charge in [0, 0.05) is 5.69 Å². The minimum absolute atomic E-state index is 0.285. The fraction of sp³-hybridized carbons (Fsp3) is 0.235. The van der Waals surface area contributed by atoms with Crippen LogP contribution in [-0.2, 0) is 6.42 Å². The van der Waals surface area contributed by atoms with E-state index in [-0.39, 0.29) is 6.03 Å². The molecule has 4 heteroatoms. The lowest BCUT2D eigenvalue weighted by atomic mass is 10.1. The zero-order valence-corrected chi connectivity index (χ0v) is 12.6. The van der Waals surface area contributed by atoms with Gasteiger partial charge in [-0.25, -0.2) is 4.79 Å². The molecule has 2 N–H and O–H groups in total. The maximum absolute atomic E-state index is 12.1. The normalized spacial score (nSPS) is 10.0. The summed E-state index contributed by atoms with van der Waals surface area (Å²) in [6.45, 7) is 4.03. The second-order valence-corrected chi connectivity index (χ2v) is 4.78. The zero-order chi connectivity index (χ0) is 15.2. The lowest BCUT2D eigenvalue weighted by Gasteiger charge is -2.13. The van der Waals surface area contributed by atoms with Crippen molar-refractivity contribution >= 4 is 17.4 Å². The molecule has 110 valence electrons. The number of amides is 2. The molecule has 21 heavy (non-hydrogen) atoms. The summed E-state index contributed by atoms with van der Waals surface area (Å²) in [5, 5.41) is 5.65. The number of aryl methyl sites for hydroxylation is 2. The van der Waals surface area contributed by atoms with Crippen molar-refractivity contribution < 1.29 is 9.53 Å². The van der Waals surface area contributed by atoms with E-state index in [2.05, 4.69) is 17.6 Å². The van der Waals surface area contributed by atoms with Crippen molar-refractivity contribution in [1.29, 1.82) is 0 Å². The van der Waals surface area contributed by atoms with E-state index >= 15 is 0 Å². The van der Waals surface area contributed by atoms with Gasteiger partial charge < -0.3 is 15.4 Å². The van der Waals surface area contributed by atoms with Gasteiger partial charge in [-0.1, -0.05) is 31.2 Å². The molecule has 0 aliphatic carbocycles. The Morgan fingerprint density at radius 1 is 1.10 bits per heavy atom. The lowest BCUT2D eigenvalue weighted by Crippen LogP contribution is -2.20. The van der Waals surface area contributed by atoms with Crippen LogP contribution < -0.4 is 15.4 Å². The fourth-order valence-electron chi connectivity index (χ4n) is 2.05. The third-order valence-corrected chi connectivity index (χ3v) is 3.32. The van der Waals surface area contributed by atoms with Gasteiger partial charge in [-0.3, -0.25) is 0 Å². The van der Waals surface area contributed by atoms with Gasteiger partial charge in [0.25, 0.3) is 0 Å². The Labute approximate surface area is 125 Å². The fourth-order valence-corrected chi connectivity index (χ4v) is 2.05. The summed E-state index contributed by atoms with van der Waals surface area (Å²) in [4.78, 5) is 12.1. The molecular weight excluding hydrogens is 264 g/mol. The highest BCUT2D eigenvalue weighted by Crippen LogP contribution is 2.26. The molecule has 0 aliphatic heterocycles. The first-order valence-corrected chi connectivity index (χ1v) is 6.94. The third kappa shape index (κ3) is 3.75. The summed E-state index contributed by atoms with van der Waals surface area (Å²) in [7, 11) is 1.60. The second-order valence-electron chi connectivity index (χ2n) is 4.78. The Bertz CT molecular complexity index is 638. The molecule has 0 saturated heterocycles. The number of anilines is 2. The van der Waals surface area contributed by atoms with E-state index in [4.69, 9.17) is 4.74 Å².